The van der Waals surface area contributed by atoms with Gasteiger partial charge in [0.1, 0.15) is 9.84 Å². The van der Waals surface area contributed by atoms with Crippen LogP contribution in [-0.2, 0) is 16.3 Å². The molecule has 1 aliphatic heterocycles. The highest BCUT2D eigenvalue weighted by Gasteiger charge is 2.21. The molecule has 7 heteroatoms. The third-order valence-corrected chi connectivity index (χ3v) is 5.58. The van der Waals surface area contributed by atoms with Crippen LogP contribution in [0.5, 0.6) is 0 Å². The normalized spacial score (nSPS) is 16.2. The van der Waals surface area contributed by atoms with Crippen molar-refractivity contribution >= 4 is 39.8 Å². The number of nitrogens with one attached hydrogen (secondary N) is 1. The number of benzene rings is 1. The Kier molecular flexibility index (Phi) is 10.5. The minimum absolute atomic E-state index is 0. The highest BCUT2D eigenvalue weighted by atomic mass is 127. The lowest BCUT2D eigenvalue weighted by Gasteiger charge is -2.34. The number of piperidine rings is 1. The van der Waals surface area contributed by atoms with Gasteiger partial charge in [-0.15, -0.1) is 24.0 Å². The maximum Gasteiger partial charge on any atom is 0.193 e. The number of guanidine groups is 1. The van der Waals surface area contributed by atoms with Crippen molar-refractivity contribution in [3.8, 4) is 0 Å². The summed E-state index contributed by atoms with van der Waals surface area (Å²) in [5.41, 5.74) is 1.42. The highest BCUT2D eigenvalue weighted by Crippen LogP contribution is 2.21. The average Bonchev–Trinajstić information content (AvgIpc) is 2.58. The number of aliphatic imine (C=N–C) groups is 1. The molecule has 1 aromatic carbocycles. The summed E-state index contributed by atoms with van der Waals surface area (Å²) < 4.78 is 22.4. The lowest BCUT2D eigenvalue weighted by atomic mass is 9.90. The van der Waals surface area contributed by atoms with Gasteiger partial charge in [0.2, 0.25) is 0 Å². The second-order valence-electron chi connectivity index (χ2n) is 6.84. The quantitative estimate of drug-likeness (QED) is 0.275. The minimum atomic E-state index is -2.90. The fourth-order valence-corrected chi connectivity index (χ4v) is 3.89. The summed E-state index contributed by atoms with van der Waals surface area (Å²) in [4.78, 5) is 6.93. The Labute approximate surface area is 175 Å². The molecule has 26 heavy (non-hydrogen) atoms. The fourth-order valence-electron chi connectivity index (χ4n) is 3.23. The molecule has 148 valence electrons. The van der Waals surface area contributed by atoms with Crippen molar-refractivity contribution in [3.05, 3.63) is 35.9 Å². The van der Waals surface area contributed by atoms with Crippen LogP contribution in [0.1, 0.15) is 31.7 Å². The standard InChI is InChI=1S/C19H31N3O2S.HI/c1-3-20-19(21-12-7-15-25(2,23)24)22-13-10-18(11-14-22)16-17-8-5-4-6-9-17;/h4-6,8-9,18H,3,7,10-16H2,1-2H3,(H,20,21);1H. The summed E-state index contributed by atoms with van der Waals surface area (Å²) in [6.07, 6.45) is 5.35. The van der Waals surface area contributed by atoms with E-state index in [2.05, 4.69) is 52.5 Å². The monoisotopic (exact) mass is 493 g/mol. The van der Waals surface area contributed by atoms with Crippen molar-refractivity contribution in [1.82, 2.24) is 10.2 Å². The van der Waals surface area contributed by atoms with E-state index in [1.165, 1.54) is 24.7 Å². The van der Waals surface area contributed by atoms with Gasteiger partial charge in [-0.25, -0.2) is 8.42 Å². The first kappa shape index (κ1) is 23.2. The summed E-state index contributed by atoms with van der Waals surface area (Å²) in [5.74, 6) is 1.86. The maximum atomic E-state index is 11.2. The van der Waals surface area contributed by atoms with Crippen LogP contribution in [0.25, 0.3) is 0 Å². The van der Waals surface area contributed by atoms with Gasteiger partial charge >= 0.3 is 0 Å². The molecule has 0 unspecified atom stereocenters. The zero-order valence-corrected chi connectivity index (χ0v) is 19.0. The summed E-state index contributed by atoms with van der Waals surface area (Å²) in [6, 6.07) is 10.7. The van der Waals surface area contributed by atoms with Gasteiger partial charge in [-0.05, 0) is 44.1 Å². The van der Waals surface area contributed by atoms with Gasteiger partial charge in [-0.3, -0.25) is 4.99 Å². The van der Waals surface area contributed by atoms with Gasteiger partial charge in [0.15, 0.2) is 5.96 Å². The van der Waals surface area contributed by atoms with Gasteiger partial charge in [0.25, 0.3) is 0 Å². The Bertz CT molecular complexity index is 642. The van der Waals surface area contributed by atoms with Crippen molar-refractivity contribution in [1.29, 1.82) is 0 Å². The zero-order valence-electron chi connectivity index (χ0n) is 15.9. The molecule has 1 aromatic rings. The average molecular weight is 493 g/mol. The topological polar surface area (TPSA) is 61.8 Å². The van der Waals surface area contributed by atoms with Crippen LogP contribution in [-0.4, -0.2) is 57.5 Å². The predicted octanol–water partition coefficient (Wildman–Crippen LogP) is 2.96. The van der Waals surface area contributed by atoms with E-state index >= 15 is 0 Å². The Morgan fingerprint density at radius 3 is 2.46 bits per heavy atom. The molecule has 0 atom stereocenters. The Hall–Kier alpha value is -0.830. The Balaban J connectivity index is 0.00000338. The molecule has 0 radical (unpaired) electrons. The van der Waals surface area contributed by atoms with Crippen LogP contribution in [0.4, 0.5) is 0 Å². The van der Waals surface area contributed by atoms with Gasteiger partial charge < -0.3 is 10.2 Å². The van der Waals surface area contributed by atoms with E-state index in [9.17, 15) is 8.42 Å². The van der Waals surface area contributed by atoms with Crippen molar-refractivity contribution < 1.29 is 8.42 Å². The number of sulfone groups is 1. The van der Waals surface area contributed by atoms with E-state index in [1.54, 1.807) is 0 Å². The largest absolute Gasteiger partial charge is 0.357 e. The summed E-state index contributed by atoms with van der Waals surface area (Å²) in [5, 5.41) is 3.34. The predicted molar refractivity (Wildman–Crippen MR) is 120 cm³/mol. The van der Waals surface area contributed by atoms with Gasteiger partial charge in [0, 0.05) is 32.4 Å². The molecule has 1 N–H and O–H groups in total. The van der Waals surface area contributed by atoms with Crippen molar-refractivity contribution in [2.45, 2.75) is 32.6 Å². The number of hydrogen-bond donors (Lipinski definition) is 1. The molecular weight excluding hydrogens is 461 g/mol. The minimum Gasteiger partial charge on any atom is -0.357 e. The molecule has 0 saturated carbocycles. The summed E-state index contributed by atoms with van der Waals surface area (Å²) >= 11 is 0. The summed E-state index contributed by atoms with van der Waals surface area (Å²) in [6.45, 7) is 5.47. The van der Waals surface area contributed by atoms with Gasteiger partial charge in [0.05, 0.1) is 5.75 Å². The van der Waals surface area contributed by atoms with Crippen LogP contribution in [0, 0.1) is 5.92 Å². The van der Waals surface area contributed by atoms with E-state index in [-0.39, 0.29) is 29.7 Å². The Morgan fingerprint density at radius 1 is 1.23 bits per heavy atom. The molecule has 1 saturated heterocycles. The molecule has 0 aromatic heterocycles. The van der Waals surface area contributed by atoms with Crippen LogP contribution in [0.2, 0.25) is 0 Å². The van der Waals surface area contributed by atoms with Crippen LogP contribution in [0.3, 0.4) is 0 Å². The van der Waals surface area contributed by atoms with E-state index in [1.807, 2.05) is 0 Å². The molecule has 0 bridgehead atoms. The molecule has 5 nitrogen and oxygen atoms in total. The third-order valence-electron chi connectivity index (χ3n) is 4.55. The van der Waals surface area contributed by atoms with Crippen molar-refractivity contribution in [3.63, 3.8) is 0 Å². The van der Waals surface area contributed by atoms with Crippen LogP contribution < -0.4 is 5.32 Å². The van der Waals surface area contributed by atoms with E-state index < -0.39 is 9.84 Å². The molecule has 0 amide bonds. The first-order valence-electron chi connectivity index (χ1n) is 9.23. The second-order valence-corrected chi connectivity index (χ2v) is 9.10. The van der Waals surface area contributed by atoms with Crippen LogP contribution >= 0.6 is 24.0 Å². The first-order chi connectivity index (χ1) is 12.0. The lowest BCUT2D eigenvalue weighted by molar-refractivity contribution is 0.259. The van der Waals surface area contributed by atoms with E-state index in [0.29, 0.717) is 13.0 Å². The van der Waals surface area contributed by atoms with Crippen molar-refractivity contribution in [2.75, 3.05) is 38.2 Å². The van der Waals surface area contributed by atoms with Crippen LogP contribution in [0.15, 0.2) is 35.3 Å². The number of halogens is 1. The van der Waals surface area contributed by atoms with E-state index in [4.69, 9.17) is 0 Å². The second kappa shape index (κ2) is 11.8. The molecule has 1 heterocycles. The van der Waals surface area contributed by atoms with Crippen molar-refractivity contribution in [2.24, 2.45) is 10.9 Å². The Morgan fingerprint density at radius 2 is 1.88 bits per heavy atom. The number of rotatable bonds is 7. The molecule has 0 spiro atoms. The lowest BCUT2D eigenvalue weighted by Crippen LogP contribution is -2.46. The number of hydrogen-bond acceptors (Lipinski definition) is 3. The van der Waals surface area contributed by atoms with Gasteiger partial charge in [-0.1, -0.05) is 30.3 Å². The molecule has 2 rings (SSSR count). The van der Waals surface area contributed by atoms with Gasteiger partial charge in [-0.2, -0.15) is 0 Å². The third kappa shape index (κ3) is 8.70. The number of nitrogens with zero attached hydrogens (tertiary/aromatic N) is 2. The first-order valence-corrected chi connectivity index (χ1v) is 11.3. The molecule has 1 fully saturated rings. The highest BCUT2D eigenvalue weighted by molar-refractivity contribution is 14.0. The zero-order chi connectivity index (χ0) is 18.1. The molecule has 0 aliphatic carbocycles. The smallest absolute Gasteiger partial charge is 0.193 e. The molecular formula is C19H32IN3O2S. The molecule has 1 aliphatic rings. The van der Waals surface area contributed by atoms with E-state index in [0.717, 1.165) is 37.9 Å². The summed E-state index contributed by atoms with van der Waals surface area (Å²) in [7, 11) is -2.90. The number of likely N-dealkylation sites (tertiary alicyclic amines) is 1. The maximum absolute atomic E-state index is 11.2. The fraction of sp³-hybridized carbons (Fsp3) is 0.632. The SMILES string of the molecule is CCNC(=NCCCS(C)(=O)=O)N1CCC(Cc2ccccc2)CC1.I.